The van der Waals surface area contributed by atoms with E-state index in [0.717, 1.165) is 25.7 Å². The molecule has 3 heterocycles. The van der Waals surface area contributed by atoms with Gasteiger partial charge in [-0.05, 0) is 25.0 Å². The molecule has 1 saturated carbocycles. The minimum Gasteiger partial charge on any atom is -0.339 e. The van der Waals surface area contributed by atoms with Gasteiger partial charge < -0.3 is 14.8 Å². The zero-order valence-corrected chi connectivity index (χ0v) is 14.4. The van der Waals surface area contributed by atoms with E-state index in [-0.39, 0.29) is 12.4 Å². The standard InChI is InChI=1S/C16H18N6O2.ClH/c17-16(8-2-3-9-16)15-20-13(24-22-15)7-6-12-19-14(21-23-12)11-5-1-4-10-18-11;/h1,4-5,10H,2-3,6-9,17H2;1H. The molecule has 0 aliphatic heterocycles. The van der Waals surface area contributed by atoms with Gasteiger partial charge in [-0.3, -0.25) is 4.98 Å². The summed E-state index contributed by atoms with van der Waals surface area (Å²) in [5.74, 6) is 2.14. The van der Waals surface area contributed by atoms with Gasteiger partial charge in [0.15, 0.2) is 5.82 Å². The average molecular weight is 363 g/mol. The van der Waals surface area contributed by atoms with Gasteiger partial charge in [-0.2, -0.15) is 9.97 Å². The summed E-state index contributed by atoms with van der Waals surface area (Å²) in [4.78, 5) is 13.0. The van der Waals surface area contributed by atoms with Crippen molar-refractivity contribution in [2.75, 3.05) is 0 Å². The van der Waals surface area contributed by atoms with Gasteiger partial charge >= 0.3 is 0 Å². The van der Waals surface area contributed by atoms with Gasteiger partial charge in [-0.25, -0.2) is 0 Å². The first-order chi connectivity index (χ1) is 11.7. The predicted octanol–water partition coefficient (Wildman–Crippen LogP) is 2.45. The van der Waals surface area contributed by atoms with E-state index in [9.17, 15) is 0 Å². The topological polar surface area (TPSA) is 117 Å². The Morgan fingerprint density at radius 3 is 2.44 bits per heavy atom. The Labute approximate surface area is 150 Å². The molecule has 0 aromatic carbocycles. The second kappa shape index (κ2) is 7.28. The van der Waals surface area contributed by atoms with E-state index in [1.807, 2.05) is 18.2 Å². The van der Waals surface area contributed by atoms with Crippen molar-refractivity contribution in [3.63, 3.8) is 0 Å². The molecule has 0 saturated heterocycles. The van der Waals surface area contributed by atoms with Crippen LogP contribution in [0.15, 0.2) is 33.4 Å². The molecule has 0 atom stereocenters. The van der Waals surface area contributed by atoms with Crippen LogP contribution in [0.5, 0.6) is 0 Å². The van der Waals surface area contributed by atoms with Gasteiger partial charge in [0.2, 0.25) is 17.6 Å². The lowest BCUT2D eigenvalue weighted by molar-refractivity contribution is 0.339. The van der Waals surface area contributed by atoms with Gasteiger partial charge in [-0.1, -0.05) is 29.2 Å². The molecule has 0 spiro atoms. The summed E-state index contributed by atoms with van der Waals surface area (Å²) in [7, 11) is 0. The number of halogens is 1. The monoisotopic (exact) mass is 362 g/mol. The van der Waals surface area contributed by atoms with Crippen molar-refractivity contribution >= 4 is 12.4 Å². The highest BCUT2D eigenvalue weighted by molar-refractivity contribution is 5.85. The Kier molecular flexibility index (Phi) is 5.10. The van der Waals surface area contributed by atoms with Crippen molar-refractivity contribution in [2.24, 2.45) is 5.73 Å². The van der Waals surface area contributed by atoms with Crippen molar-refractivity contribution in [1.82, 2.24) is 25.3 Å². The molecule has 1 fully saturated rings. The van der Waals surface area contributed by atoms with Gasteiger partial charge in [0, 0.05) is 19.0 Å². The number of hydrogen-bond donors (Lipinski definition) is 1. The third-order valence-electron chi connectivity index (χ3n) is 4.32. The van der Waals surface area contributed by atoms with Gasteiger partial charge in [0.05, 0.1) is 5.54 Å². The fourth-order valence-electron chi connectivity index (χ4n) is 2.96. The molecule has 1 aliphatic carbocycles. The molecule has 0 radical (unpaired) electrons. The van der Waals surface area contributed by atoms with Gasteiger partial charge in [0.25, 0.3) is 0 Å². The summed E-state index contributed by atoms with van der Waals surface area (Å²) in [5.41, 5.74) is 6.58. The van der Waals surface area contributed by atoms with Crippen LogP contribution in [0.2, 0.25) is 0 Å². The van der Waals surface area contributed by atoms with Crippen LogP contribution in [0.25, 0.3) is 11.5 Å². The van der Waals surface area contributed by atoms with Gasteiger partial charge in [0.1, 0.15) is 5.69 Å². The molecule has 132 valence electrons. The number of aryl methyl sites for hydroxylation is 2. The first kappa shape index (κ1) is 17.5. The fraction of sp³-hybridized carbons (Fsp3) is 0.438. The molecule has 4 rings (SSSR count). The molecule has 9 heteroatoms. The highest BCUT2D eigenvalue weighted by atomic mass is 35.5. The van der Waals surface area contributed by atoms with Crippen LogP contribution < -0.4 is 5.73 Å². The van der Waals surface area contributed by atoms with E-state index < -0.39 is 5.54 Å². The predicted molar refractivity (Wildman–Crippen MR) is 90.8 cm³/mol. The maximum atomic E-state index is 6.34. The normalized spacial score (nSPS) is 15.9. The lowest BCUT2D eigenvalue weighted by atomic mass is 9.99. The van der Waals surface area contributed by atoms with E-state index in [4.69, 9.17) is 14.8 Å². The van der Waals surface area contributed by atoms with Crippen molar-refractivity contribution in [1.29, 1.82) is 0 Å². The fourth-order valence-corrected chi connectivity index (χ4v) is 2.96. The number of pyridine rings is 1. The van der Waals surface area contributed by atoms with Crippen molar-refractivity contribution in [3.05, 3.63) is 42.0 Å². The van der Waals surface area contributed by atoms with Crippen molar-refractivity contribution in [2.45, 2.75) is 44.1 Å². The molecular weight excluding hydrogens is 344 g/mol. The van der Waals surface area contributed by atoms with Crippen molar-refractivity contribution < 1.29 is 9.05 Å². The summed E-state index contributed by atoms with van der Waals surface area (Å²) in [5, 5.41) is 7.99. The lowest BCUT2D eigenvalue weighted by Gasteiger charge is -2.17. The molecule has 1 aliphatic rings. The van der Waals surface area contributed by atoms with Crippen molar-refractivity contribution in [3.8, 4) is 11.5 Å². The SMILES string of the molecule is Cl.NC1(c2noc(CCc3nc(-c4ccccn4)no3)n2)CCCC1. The molecule has 2 N–H and O–H groups in total. The third kappa shape index (κ3) is 3.69. The highest BCUT2D eigenvalue weighted by Crippen LogP contribution is 2.34. The zero-order chi connectivity index (χ0) is 16.4. The minimum absolute atomic E-state index is 0. The smallest absolute Gasteiger partial charge is 0.227 e. The summed E-state index contributed by atoms with van der Waals surface area (Å²) < 4.78 is 10.6. The van der Waals surface area contributed by atoms with Crippen LogP contribution in [0, 0.1) is 0 Å². The summed E-state index contributed by atoms with van der Waals surface area (Å²) >= 11 is 0. The molecule has 0 unspecified atom stereocenters. The largest absolute Gasteiger partial charge is 0.339 e. The van der Waals surface area contributed by atoms with E-state index >= 15 is 0 Å². The second-order valence-electron chi connectivity index (χ2n) is 6.10. The maximum absolute atomic E-state index is 6.34. The Hall–Kier alpha value is -2.32. The molecular formula is C16H19ClN6O2. The molecule has 25 heavy (non-hydrogen) atoms. The van der Waals surface area contributed by atoms with Crippen LogP contribution in [-0.2, 0) is 18.4 Å². The summed E-state index contributed by atoms with van der Waals surface area (Å²) in [6.07, 6.45) is 6.78. The number of nitrogens with zero attached hydrogens (tertiary/aromatic N) is 5. The van der Waals surface area contributed by atoms with E-state index in [0.29, 0.717) is 42.0 Å². The third-order valence-corrected chi connectivity index (χ3v) is 4.32. The Morgan fingerprint density at radius 1 is 1.00 bits per heavy atom. The molecule has 3 aromatic heterocycles. The highest BCUT2D eigenvalue weighted by Gasteiger charge is 2.35. The Morgan fingerprint density at radius 2 is 1.72 bits per heavy atom. The first-order valence-electron chi connectivity index (χ1n) is 8.09. The number of aromatic nitrogens is 5. The van der Waals surface area contributed by atoms with Crippen LogP contribution in [0.4, 0.5) is 0 Å². The zero-order valence-electron chi connectivity index (χ0n) is 13.6. The van der Waals surface area contributed by atoms with Crippen LogP contribution in [0.1, 0.15) is 43.3 Å². The molecule has 0 amide bonds. The number of hydrogen-bond acceptors (Lipinski definition) is 8. The molecule has 0 bridgehead atoms. The van der Waals surface area contributed by atoms with Crippen LogP contribution >= 0.6 is 12.4 Å². The quantitative estimate of drug-likeness (QED) is 0.735. The number of nitrogens with two attached hydrogens (primary N) is 1. The van der Waals surface area contributed by atoms with E-state index in [2.05, 4.69) is 25.3 Å². The lowest BCUT2D eigenvalue weighted by Crippen LogP contribution is -2.34. The minimum atomic E-state index is -0.432. The average Bonchev–Trinajstić information content (AvgIpc) is 3.35. The first-order valence-corrected chi connectivity index (χ1v) is 8.09. The maximum Gasteiger partial charge on any atom is 0.227 e. The summed E-state index contributed by atoms with van der Waals surface area (Å²) in [6, 6.07) is 5.55. The van der Waals surface area contributed by atoms with Crippen LogP contribution in [0.3, 0.4) is 0 Å². The Bertz CT molecular complexity index is 813. The van der Waals surface area contributed by atoms with Crippen LogP contribution in [-0.4, -0.2) is 25.3 Å². The summed E-state index contributed by atoms with van der Waals surface area (Å²) in [6.45, 7) is 0. The molecule has 3 aromatic rings. The molecule has 8 nitrogen and oxygen atoms in total. The van der Waals surface area contributed by atoms with E-state index in [1.54, 1.807) is 6.20 Å². The Balaban J connectivity index is 0.00000182. The second-order valence-corrected chi connectivity index (χ2v) is 6.10. The van der Waals surface area contributed by atoms with E-state index in [1.165, 1.54) is 0 Å². The number of rotatable bonds is 5. The van der Waals surface area contributed by atoms with Gasteiger partial charge in [-0.15, -0.1) is 12.4 Å².